The Morgan fingerprint density at radius 2 is 2.00 bits per heavy atom. The third kappa shape index (κ3) is 2.74. The van der Waals surface area contributed by atoms with Crippen LogP contribution in [-0.2, 0) is 4.79 Å². The molecule has 0 aromatic rings. The zero-order valence-corrected chi connectivity index (χ0v) is 13.2. The number of amides is 1. The van der Waals surface area contributed by atoms with Crippen LogP contribution < -0.4 is 5.32 Å². The largest absolute Gasteiger partial charge is 0.339 e. The van der Waals surface area contributed by atoms with E-state index in [1.165, 1.54) is 57.9 Å². The summed E-state index contributed by atoms with van der Waals surface area (Å²) in [6, 6.07) is 0.545. The van der Waals surface area contributed by atoms with Gasteiger partial charge in [0.25, 0.3) is 0 Å². The minimum absolute atomic E-state index is 0.487. The van der Waals surface area contributed by atoms with E-state index in [-0.39, 0.29) is 0 Å². The molecule has 1 N–H and O–H groups in total. The van der Waals surface area contributed by atoms with E-state index < -0.39 is 0 Å². The first-order chi connectivity index (χ1) is 10.3. The molecule has 0 aromatic heterocycles. The van der Waals surface area contributed by atoms with Crippen molar-refractivity contribution in [3.8, 4) is 0 Å². The molecule has 0 aromatic carbocycles. The van der Waals surface area contributed by atoms with Gasteiger partial charge in [-0.1, -0.05) is 6.42 Å². The summed E-state index contributed by atoms with van der Waals surface area (Å²) in [5, 5.41) is 3.53. The second-order valence-electron chi connectivity index (χ2n) is 8.04. The molecule has 1 amide bonds. The second-order valence-corrected chi connectivity index (χ2v) is 8.04. The van der Waals surface area contributed by atoms with Crippen LogP contribution >= 0.6 is 0 Å². The lowest BCUT2D eigenvalue weighted by molar-refractivity contribution is -0.134. The Morgan fingerprint density at radius 3 is 2.71 bits per heavy atom. The van der Waals surface area contributed by atoms with Gasteiger partial charge in [0.1, 0.15) is 0 Å². The summed E-state index contributed by atoms with van der Waals surface area (Å²) in [6.45, 7) is 3.33. The molecule has 4 aliphatic rings. The highest BCUT2D eigenvalue weighted by Crippen LogP contribution is 2.49. The van der Waals surface area contributed by atoms with E-state index in [9.17, 15) is 4.79 Å². The number of carbonyl (C=O) groups excluding carboxylic acids is 1. The van der Waals surface area contributed by atoms with Crippen LogP contribution in [0.5, 0.6) is 0 Å². The SMILES string of the molecule is O=C(CC1CC2CCC1C2)N1CCCC1C1CCCNC1. The Morgan fingerprint density at radius 1 is 1.05 bits per heavy atom. The van der Waals surface area contributed by atoms with Crippen molar-refractivity contribution < 1.29 is 4.79 Å². The average molecular weight is 290 g/mol. The Labute approximate surface area is 128 Å². The molecule has 2 aliphatic heterocycles. The van der Waals surface area contributed by atoms with E-state index in [4.69, 9.17) is 0 Å². The maximum absolute atomic E-state index is 12.8. The monoisotopic (exact) mass is 290 g/mol. The van der Waals surface area contributed by atoms with Crippen LogP contribution in [0.1, 0.15) is 57.8 Å². The quantitative estimate of drug-likeness (QED) is 0.867. The first kappa shape index (κ1) is 14.0. The van der Waals surface area contributed by atoms with E-state index >= 15 is 0 Å². The van der Waals surface area contributed by atoms with Crippen LogP contribution in [0.3, 0.4) is 0 Å². The van der Waals surface area contributed by atoms with Crippen molar-refractivity contribution in [1.29, 1.82) is 0 Å². The summed E-state index contributed by atoms with van der Waals surface area (Å²) in [5.41, 5.74) is 0. The average Bonchev–Trinajstić information content (AvgIpc) is 3.24. The van der Waals surface area contributed by atoms with Crippen molar-refractivity contribution >= 4 is 5.91 Å². The van der Waals surface area contributed by atoms with Crippen molar-refractivity contribution in [1.82, 2.24) is 10.2 Å². The number of fused-ring (bicyclic) bond motifs is 2. The number of hydrogen-bond acceptors (Lipinski definition) is 2. The van der Waals surface area contributed by atoms with Gasteiger partial charge in [-0.3, -0.25) is 4.79 Å². The molecule has 3 heteroatoms. The smallest absolute Gasteiger partial charge is 0.223 e. The minimum Gasteiger partial charge on any atom is -0.339 e. The molecule has 3 nitrogen and oxygen atoms in total. The second kappa shape index (κ2) is 5.91. The molecule has 4 rings (SSSR count). The van der Waals surface area contributed by atoms with E-state index in [1.807, 2.05) is 0 Å². The third-order valence-corrected chi connectivity index (χ3v) is 6.82. The van der Waals surface area contributed by atoms with Gasteiger partial charge in [-0.25, -0.2) is 0 Å². The van der Waals surface area contributed by atoms with Crippen LogP contribution in [0.4, 0.5) is 0 Å². The summed E-state index contributed by atoms with van der Waals surface area (Å²) in [7, 11) is 0. The van der Waals surface area contributed by atoms with Gasteiger partial charge in [0.2, 0.25) is 5.91 Å². The van der Waals surface area contributed by atoms with E-state index in [2.05, 4.69) is 10.2 Å². The molecule has 0 radical (unpaired) electrons. The van der Waals surface area contributed by atoms with Crippen molar-refractivity contribution in [2.24, 2.45) is 23.7 Å². The molecule has 2 saturated carbocycles. The van der Waals surface area contributed by atoms with Crippen LogP contribution in [0.2, 0.25) is 0 Å². The molecule has 21 heavy (non-hydrogen) atoms. The number of nitrogens with one attached hydrogen (secondary N) is 1. The molecule has 2 bridgehead atoms. The van der Waals surface area contributed by atoms with Gasteiger partial charge in [-0.2, -0.15) is 0 Å². The number of likely N-dealkylation sites (tertiary alicyclic amines) is 1. The molecule has 118 valence electrons. The van der Waals surface area contributed by atoms with E-state index in [0.717, 1.165) is 37.3 Å². The molecule has 2 saturated heterocycles. The predicted octanol–water partition coefficient (Wildman–Crippen LogP) is 2.80. The minimum atomic E-state index is 0.487. The molecular formula is C18H30N2O. The van der Waals surface area contributed by atoms with Gasteiger partial charge in [0, 0.05) is 19.0 Å². The van der Waals surface area contributed by atoms with Crippen molar-refractivity contribution in [3.05, 3.63) is 0 Å². The maximum Gasteiger partial charge on any atom is 0.223 e. The zero-order valence-electron chi connectivity index (χ0n) is 13.2. The summed E-state index contributed by atoms with van der Waals surface area (Å²) >= 11 is 0. The van der Waals surface area contributed by atoms with Gasteiger partial charge < -0.3 is 10.2 Å². The molecule has 2 heterocycles. The van der Waals surface area contributed by atoms with E-state index in [1.54, 1.807) is 0 Å². The fourth-order valence-electron chi connectivity index (χ4n) is 5.77. The summed E-state index contributed by atoms with van der Waals surface area (Å²) < 4.78 is 0. The van der Waals surface area contributed by atoms with Gasteiger partial charge in [0.05, 0.1) is 0 Å². The standard InChI is InChI=1S/C18H30N2O/c21-18(11-16-10-13-5-6-14(16)9-13)20-8-2-4-17(20)15-3-1-7-19-12-15/h13-17,19H,1-12H2. The first-order valence-electron chi connectivity index (χ1n) is 9.31. The van der Waals surface area contributed by atoms with Crippen LogP contribution in [0, 0.1) is 23.7 Å². The Bertz CT molecular complexity index is 391. The lowest BCUT2D eigenvalue weighted by atomic mass is 9.85. The lowest BCUT2D eigenvalue weighted by Gasteiger charge is -2.35. The van der Waals surface area contributed by atoms with Crippen molar-refractivity contribution in [2.45, 2.75) is 63.8 Å². The van der Waals surface area contributed by atoms with Gasteiger partial charge >= 0.3 is 0 Å². The Hall–Kier alpha value is -0.570. The molecule has 5 unspecified atom stereocenters. The van der Waals surface area contributed by atoms with Crippen LogP contribution in [-0.4, -0.2) is 36.5 Å². The van der Waals surface area contributed by atoms with Crippen LogP contribution in [0.25, 0.3) is 0 Å². The molecular weight excluding hydrogens is 260 g/mol. The summed E-state index contributed by atoms with van der Waals surface area (Å²) in [5.74, 6) is 3.77. The summed E-state index contributed by atoms with van der Waals surface area (Å²) in [6.07, 6.45) is 11.5. The van der Waals surface area contributed by atoms with Gasteiger partial charge in [-0.15, -0.1) is 0 Å². The van der Waals surface area contributed by atoms with Gasteiger partial charge in [-0.05, 0) is 81.7 Å². The number of nitrogens with zero attached hydrogens (tertiary/aromatic N) is 1. The lowest BCUT2D eigenvalue weighted by Crippen LogP contribution is -2.46. The van der Waals surface area contributed by atoms with Crippen LogP contribution in [0.15, 0.2) is 0 Å². The topological polar surface area (TPSA) is 32.3 Å². The number of hydrogen-bond donors (Lipinski definition) is 1. The number of rotatable bonds is 3. The highest BCUT2D eigenvalue weighted by molar-refractivity contribution is 5.77. The van der Waals surface area contributed by atoms with Crippen molar-refractivity contribution in [2.75, 3.05) is 19.6 Å². The van der Waals surface area contributed by atoms with Gasteiger partial charge in [0.15, 0.2) is 0 Å². The normalized spacial score (nSPS) is 42.7. The molecule has 4 fully saturated rings. The van der Waals surface area contributed by atoms with E-state index in [0.29, 0.717) is 17.9 Å². The fraction of sp³-hybridized carbons (Fsp3) is 0.944. The Kier molecular flexibility index (Phi) is 3.95. The highest BCUT2D eigenvalue weighted by Gasteiger charge is 2.42. The predicted molar refractivity (Wildman–Crippen MR) is 83.9 cm³/mol. The fourth-order valence-corrected chi connectivity index (χ4v) is 5.77. The number of carbonyl (C=O) groups is 1. The van der Waals surface area contributed by atoms with Crippen molar-refractivity contribution in [3.63, 3.8) is 0 Å². The zero-order chi connectivity index (χ0) is 14.2. The summed E-state index contributed by atoms with van der Waals surface area (Å²) in [4.78, 5) is 15.1. The molecule has 2 aliphatic carbocycles. The maximum atomic E-state index is 12.8. The Balaban J connectivity index is 1.36. The highest BCUT2D eigenvalue weighted by atomic mass is 16.2. The first-order valence-corrected chi connectivity index (χ1v) is 9.31. The third-order valence-electron chi connectivity index (χ3n) is 6.82. The molecule has 5 atom stereocenters. The number of piperidine rings is 1. The molecule has 0 spiro atoms.